The number of hydrogen-bond donors (Lipinski definition) is 1. The predicted molar refractivity (Wildman–Crippen MR) is 53.3 cm³/mol. The van der Waals surface area contributed by atoms with Crippen LogP contribution in [0.25, 0.3) is 0 Å². The van der Waals surface area contributed by atoms with Gasteiger partial charge in [-0.05, 0) is 28.1 Å². The molecule has 0 spiro atoms. The molecule has 1 aromatic rings. The number of fused-ring (bicyclic) bond motifs is 1. The Morgan fingerprint density at radius 3 is 3.17 bits per heavy atom. The Bertz CT molecular complexity index is 316. The van der Waals surface area contributed by atoms with Crippen molar-refractivity contribution in [2.45, 2.75) is 4.90 Å². The van der Waals surface area contributed by atoms with Crippen LogP contribution in [0.2, 0.25) is 0 Å². The molecule has 4 heteroatoms. The standard InChI is InChI=1S/C8H7BrFNS/c9-5-1-2-6-8(7(5)10)12-4-3-11-6/h1-2,11H,3-4H2. The summed E-state index contributed by atoms with van der Waals surface area (Å²) in [5, 5.41) is 3.15. The fraction of sp³-hybridized carbons (Fsp3) is 0.250. The van der Waals surface area contributed by atoms with Crippen molar-refractivity contribution < 1.29 is 4.39 Å². The normalized spacial score (nSPS) is 15.2. The van der Waals surface area contributed by atoms with E-state index in [1.54, 1.807) is 17.8 Å². The first-order valence-electron chi connectivity index (χ1n) is 3.64. The van der Waals surface area contributed by atoms with Crippen LogP contribution in [0, 0.1) is 5.82 Å². The zero-order chi connectivity index (χ0) is 8.55. The van der Waals surface area contributed by atoms with Crippen molar-refractivity contribution in [1.82, 2.24) is 0 Å². The molecule has 0 saturated heterocycles. The summed E-state index contributed by atoms with van der Waals surface area (Å²) < 4.78 is 13.9. The second kappa shape index (κ2) is 3.26. The van der Waals surface area contributed by atoms with Gasteiger partial charge in [-0.15, -0.1) is 11.8 Å². The molecule has 0 fully saturated rings. The lowest BCUT2D eigenvalue weighted by Gasteiger charge is -2.17. The van der Waals surface area contributed by atoms with Crippen molar-refractivity contribution in [2.24, 2.45) is 0 Å². The molecule has 0 radical (unpaired) electrons. The molecule has 1 N–H and O–H groups in total. The summed E-state index contributed by atoms with van der Waals surface area (Å²) in [7, 11) is 0. The van der Waals surface area contributed by atoms with Crippen LogP contribution in [-0.4, -0.2) is 12.3 Å². The van der Waals surface area contributed by atoms with Crippen LogP contribution in [0.3, 0.4) is 0 Å². The lowest BCUT2D eigenvalue weighted by atomic mass is 10.3. The van der Waals surface area contributed by atoms with Gasteiger partial charge in [-0.1, -0.05) is 0 Å². The molecular weight excluding hydrogens is 241 g/mol. The van der Waals surface area contributed by atoms with E-state index in [0.29, 0.717) is 4.47 Å². The van der Waals surface area contributed by atoms with Crippen molar-refractivity contribution in [2.75, 3.05) is 17.6 Å². The molecule has 12 heavy (non-hydrogen) atoms. The zero-order valence-electron chi connectivity index (χ0n) is 6.23. The van der Waals surface area contributed by atoms with Crippen LogP contribution in [0.5, 0.6) is 0 Å². The first-order chi connectivity index (χ1) is 5.79. The SMILES string of the molecule is Fc1c(Br)ccc2c1SCCN2. The summed E-state index contributed by atoms with van der Waals surface area (Å²) in [4.78, 5) is 0.732. The lowest BCUT2D eigenvalue weighted by molar-refractivity contribution is 0.595. The number of halogens is 2. The zero-order valence-corrected chi connectivity index (χ0v) is 8.64. The largest absolute Gasteiger partial charge is 0.383 e. The average molecular weight is 248 g/mol. The molecule has 0 bridgehead atoms. The summed E-state index contributed by atoms with van der Waals surface area (Å²) in [5.74, 6) is 0.783. The van der Waals surface area contributed by atoms with Crippen LogP contribution in [-0.2, 0) is 0 Å². The maximum atomic E-state index is 13.4. The first-order valence-corrected chi connectivity index (χ1v) is 5.41. The quantitative estimate of drug-likeness (QED) is 0.757. The molecule has 0 aromatic heterocycles. The van der Waals surface area contributed by atoms with Crippen molar-refractivity contribution in [3.05, 3.63) is 22.4 Å². The number of rotatable bonds is 0. The van der Waals surface area contributed by atoms with Crippen molar-refractivity contribution in [1.29, 1.82) is 0 Å². The number of hydrogen-bond acceptors (Lipinski definition) is 2. The molecule has 1 heterocycles. The lowest BCUT2D eigenvalue weighted by Crippen LogP contribution is -2.11. The van der Waals surface area contributed by atoms with E-state index in [0.717, 1.165) is 22.9 Å². The van der Waals surface area contributed by atoms with Gasteiger partial charge in [-0.2, -0.15) is 0 Å². The van der Waals surface area contributed by atoms with E-state index in [1.165, 1.54) is 0 Å². The monoisotopic (exact) mass is 247 g/mol. The highest BCUT2D eigenvalue weighted by atomic mass is 79.9. The number of anilines is 1. The molecule has 1 aliphatic rings. The number of nitrogens with one attached hydrogen (secondary N) is 1. The highest BCUT2D eigenvalue weighted by molar-refractivity contribution is 9.10. The van der Waals surface area contributed by atoms with E-state index in [2.05, 4.69) is 21.2 Å². The highest BCUT2D eigenvalue weighted by Gasteiger charge is 2.15. The Balaban J connectivity index is 2.54. The molecule has 1 nitrogen and oxygen atoms in total. The van der Waals surface area contributed by atoms with Gasteiger partial charge < -0.3 is 5.32 Å². The molecule has 0 saturated carbocycles. The Hall–Kier alpha value is -0.220. The van der Waals surface area contributed by atoms with Gasteiger partial charge in [0, 0.05) is 12.3 Å². The molecule has 64 valence electrons. The van der Waals surface area contributed by atoms with Crippen LogP contribution < -0.4 is 5.32 Å². The Morgan fingerprint density at radius 2 is 2.33 bits per heavy atom. The third-order valence-electron chi connectivity index (χ3n) is 1.71. The van der Waals surface area contributed by atoms with E-state index < -0.39 is 0 Å². The molecule has 1 aromatic carbocycles. The summed E-state index contributed by atoms with van der Waals surface area (Å²) in [6, 6.07) is 3.63. The second-order valence-electron chi connectivity index (χ2n) is 2.51. The van der Waals surface area contributed by atoms with E-state index in [-0.39, 0.29) is 5.82 Å². The van der Waals surface area contributed by atoms with Crippen LogP contribution in [0.15, 0.2) is 21.5 Å². The van der Waals surface area contributed by atoms with E-state index in [4.69, 9.17) is 0 Å². The molecule has 0 aliphatic carbocycles. The first kappa shape index (κ1) is 8.38. The van der Waals surface area contributed by atoms with Gasteiger partial charge in [0.05, 0.1) is 15.1 Å². The maximum Gasteiger partial charge on any atom is 0.153 e. The van der Waals surface area contributed by atoms with Crippen LogP contribution in [0.4, 0.5) is 10.1 Å². The highest BCUT2D eigenvalue weighted by Crippen LogP contribution is 2.36. The van der Waals surface area contributed by atoms with E-state index >= 15 is 0 Å². The van der Waals surface area contributed by atoms with Crippen molar-refractivity contribution >= 4 is 33.4 Å². The fourth-order valence-corrected chi connectivity index (χ4v) is 2.55. The second-order valence-corrected chi connectivity index (χ2v) is 4.47. The van der Waals surface area contributed by atoms with Crippen LogP contribution in [0.1, 0.15) is 0 Å². The van der Waals surface area contributed by atoms with E-state index in [1.807, 2.05) is 6.07 Å². The van der Waals surface area contributed by atoms with Gasteiger partial charge in [0.15, 0.2) is 5.82 Å². The molecule has 1 aliphatic heterocycles. The summed E-state index contributed by atoms with van der Waals surface area (Å²) in [6.45, 7) is 0.915. The van der Waals surface area contributed by atoms with Gasteiger partial charge in [0.1, 0.15) is 0 Å². The molecule has 2 rings (SSSR count). The molecule has 0 unspecified atom stereocenters. The predicted octanol–water partition coefficient (Wildman–Crippen LogP) is 3.11. The third-order valence-corrected chi connectivity index (χ3v) is 3.42. The van der Waals surface area contributed by atoms with Gasteiger partial charge in [0.25, 0.3) is 0 Å². The van der Waals surface area contributed by atoms with Gasteiger partial charge >= 0.3 is 0 Å². The third kappa shape index (κ3) is 1.33. The summed E-state index contributed by atoms with van der Waals surface area (Å²) in [5.41, 5.74) is 0.909. The summed E-state index contributed by atoms with van der Waals surface area (Å²) in [6.07, 6.45) is 0. The van der Waals surface area contributed by atoms with E-state index in [9.17, 15) is 4.39 Å². The topological polar surface area (TPSA) is 12.0 Å². The Morgan fingerprint density at radius 1 is 1.50 bits per heavy atom. The number of benzene rings is 1. The van der Waals surface area contributed by atoms with Crippen molar-refractivity contribution in [3.8, 4) is 0 Å². The van der Waals surface area contributed by atoms with Gasteiger partial charge in [-0.3, -0.25) is 0 Å². The Kier molecular flexibility index (Phi) is 2.28. The smallest absolute Gasteiger partial charge is 0.153 e. The molecule has 0 amide bonds. The van der Waals surface area contributed by atoms with Gasteiger partial charge in [-0.25, -0.2) is 4.39 Å². The molecule has 0 atom stereocenters. The minimum Gasteiger partial charge on any atom is -0.383 e. The Labute approximate surface area is 82.9 Å². The average Bonchev–Trinajstić information content (AvgIpc) is 2.12. The maximum absolute atomic E-state index is 13.4. The van der Waals surface area contributed by atoms with Gasteiger partial charge in [0.2, 0.25) is 0 Å². The molecular formula is C8H7BrFNS. The minimum absolute atomic E-state index is 0.148. The minimum atomic E-state index is -0.148. The van der Waals surface area contributed by atoms with Crippen molar-refractivity contribution in [3.63, 3.8) is 0 Å². The fourth-order valence-electron chi connectivity index (χ4n) is 1.15. The number of thioether (sulfide) groups is 1. The van der Waals surface area contributed by atoms with Crippen LogP contribution >= 0.6 is 27.7 Å². The summed E-state index contributed by atoms with van der Waals surface area (Å²) >= 11 is 4.72.